The summed E-state index contributed by atoms with van der Waals surface area (Å²) in [7, 11) is 1.49. The van der Waals surface area contributed by atoms with Crippen LogP contribution in [0.1, 0.15) is 38.5 Å². The Hall–Kier alpha value is -0.180. The molecule has 0 bridgehead atoms. The zero-order valence-corrected chi connectivity index (χ0v) is 9.14. The van der Waals surface area contributed by atoms with Gasteiger partial charge in [-0.3, -0.25) is 4.79 Å². The topological polar surface area (TPSA) is 26.3 Å². The predicted octanol–water partition coefficient (Wildman–Crippen LogP) is 2.24. The number of methoxy groups -OCH3 is 1. The van der Waals surface area contributed by atoms with E-state index in [4.69, 9.17) is 4.74 Å². The molecule has 13 heavy (non-hydrogen) atoms. The highest BCUT2D eigenvalue weighted by Crippen LogP contribution is 2.57. The van der Waals surface area contributed by atoms with Gasteiger partial charge in [0.15, 0.2) is 0 Å². The van der Waals surface area contributed by atoms with Crippen molar-refractivity contribution in [3.8, 4) is 0 Å². The SMILES string of the molecule is COC(=O)C1CCC2(CC1)CC2.S. The maximum atomic E-state index is 11.2. The molecule has 0 aromatic heterocycles. The minimum atomic E-state index is 0. The van der Waals surface area contributed by atoms with Gasteiger partial charge in [0.25, 0.3) is 0 Å². The van der Waals surface area contributed by atoms with Gasteiger partial charge in [-0.2, -0.15) is 13.5 Å². The van der Waals surface area contributed by atoms with Gasteiger partial charge in [-0.15, -0.1) is 0 Å². The van der Waals surface area contributed by atoms with E-state index in [0.29, 0.717) is 5.41 Å². The Labute approximate surface area is 86.5 Å². The van der Waals surface area contributed by atoms with E-state index in [1.807, 2.05) is 0 Å². The first-order chi connectivity index (χ1) is 5.76. The van der Waals surface area contributed by atoms with Crippen molar-refractivity contribution in [2.45, 2.75) is 38.5 Å². The van der Waals surface area contributed by atoms with Crippen molar-refractivity contribution >= 4 is 19.5 Å². The maximum absolute atomic E-state index is 11.2. The van der Waals surface area contributed by atoms with Crippen LogP contribution in [0, 0.1) is 11.3 Å². The molecule has 0 radical (unpaired) electrons. The van der Waals surface area contributed by atoms with E-state index in [9.17, 15) is 4.79 Å². The summed E-state index contributed by atoms with van der Waals surface area (Å²) in [5.74, 6) is 0.215. The molecule has 0 amide bonds. The number of carbonyl (C=O) groups excluding carboxylic acids is 1. The van der Waals surface area contributed by atoms with Crippen molar-refractivity contribution in [3.63, 3.8) is 0 Å². The minimum Gasteiger partial charge on any atom is -0.469 e. The van der Waals surface area contributed by atoms with Crippen LogP contribution in [0.3, 0.4) is 0 Å². The second-order valence-electron chi connectivity index (χ2n) is 4.30. The molecule has 0 saturated heterocycles. The molecule has 2 saturated carbocycles. The fourth-order valence-electron chi connectivity index (χ4n) is 2.31. The predicted molar refractivity (Wildman–Crippen MR) is 56.0 cm³/mol. The summed E-state index contributed by atoms with van der Waals surface area (Å²) in [5, 5.41) is 0. The Morgan fingerprint density at radius 1 is 1.23 bits per heavy atom. The second-order valence-corrected chi connectivity index (χ2v) is 4.30. The highest BCUT2D eigenvalue weighted by atomic mass is 32.1. The first kappa shape index (κ1) is 10.9. The summed E-state index contributed by atoms with van der Waals surface area (Å²) in [4.78, 5) is 11.2. The largest absolute Gasteiger partial charge is 0.469 e. The van der Waals surface area contributed by atoms with Crippen LogP contribution in [-0.2, 0) is 9.53 Å². The lowest BCUT2D eigenvalue weighted by Crippen LogP contribution is -2.23. The smallest absolute Gasteiger partial charge is 0.308 e. The van der Waals surface area contributed by atoms with E-state index < -0.39 is 0 Å². The fraction of sp³-hybridized carbons (Fsp3) is 0.900. The third-order valence-electron chi connectivity index (χ3n) is 3.54. The van der Waals surface area contributed by atoms with Crippen molar-refractivity contribution in [2.24, 2.45) is 11.3 Å². The van der Waals surface area contributed by atoms with Gasteiger partial charge in [-0.05, 0) is 43.9 Å². The number of hydrogen-bond acceptors (Lipinski definition) is 2. The highest BCUT2D eigenvalue weighted by Gasteiger charge is 2.45. The van der Waals surface area contributed by atoms with Crippen LogP contribution in [0.25, 0.3) is 0 Å². The summed E-state index contributed by atoms with van der Waals surface area (Å²) in [5.41, 5.74) is 0.685. The number of esters is 1. The van der Waals surface area contributed by atoms with Gasteiger partial charge in [0, 0.05) is 0 Å². The molecule has 2 aliphatic rings. The maximum Gasteiger partial charge on any atom is 0.308 e. The molecule has 0 N–H and O–H groups in total. The number of hydrogen-bond donors (Lipinski definition) is 0. The van der Waals surface area contributed by atoms with Crippen LogP contribution in [0.15, 0.2) is 0 Å². The van der Waals surface area contributed by atoms with Crippen LogP contribution in [0.4, 0.5) is 0 Å². The summed E-state index contributed by atoms with van der Waals surface area (Å²) >= 11 is 0. The molecule has 0 aromatic rings. The van der Waals surface area contributed by atoms with E-state index >= 15 is 0 Å². The highest BCUT2D eigenvalue weighted by molar-refractivity contribution is 7.59. The summed E-state index contributed by atoms with van der Waals surface area (Å²) in [6.45, 7) is 0. The van der Waals surface area contributed by atoms with Crippen LogP contribution in [0.5, 0.6) is 0 Å². The third kappa shape index (κ3) is 2.19. The van der Waals surface area contributed by atoms with E-state index in [1.165, 1.54) is 32.8 Å². The Balaban J connectivity index is 0.000000845. The molecule has 76 valence electrons. The number of carbonyl (C=O) groups is 1. The van der Waals surface area contributed by atoms with Gasteiger partial charge >= 0.3 is 5.97 Å². The van der Waals surface area contributed by atoms with Gasteiger partial charge in [0.2, 0.25) is 0 Å². The number of ether oxygens (including phenoxy) is 1. The molecule has 2 aliphatic carbocycles. The van der Waals surface area contributed by atoms with Gasteiger partial charge in [0.1, 0.15) is 0 Å². The molecular formula is C10H18O2S. The van der Waals surface area contributed by atoms with Crippen LogP contribution < -0.4 is 0 Å². The van der Waals surface area contributed by atoms with Crippen molar-refractivity contribution in [1.82, 2.24) is 0 Å². The van der Waals surface area contributed by atoms with Crippen molar-refractivity contribution < 1.29 is 9.53 Å². The standard InChI is InChI=1S/C10H16O2.H2S/c1-12-9(11)8-2-4-10(5-3-8)6-7-10;/h8H,2-7H2,1H3;1H2. The van der Waals surface area contributed by atoms with Crippen LogP contribution in [-0.4, -0.2) is 13.1 Å². The molecule has 0 aromatic carbocycles. The zero-order chi connectivity index (χ0) is 8.60. The molecule has 2 nitrogen and oxygen atoms in total. The van der Waals surface area contributed by atoms with Gasteiger partial charge in [-0.25, -0.2) is 0 Å². The fourth-order valence-corrected chi connectivity index (χ4v) is 2.31. The van der Waals surface area contributed by atoms with E-state index in [-0.39, 0.29) is 25.4 Å². The van der Waals surface area contributed by atoms with Crippen LogP contribution in [0.2, 0.25) is 0 Å². The second kappa shape index (κ2) is 3.91. The number of rotatable bonds is 1. The van der Waals surface area contributed by atoms with Gasteiger partial charge < -0.3 is 4.74 Å². The quantitative estimate of drug-likeness (QED) is 0.610. The van der Waals surface area contributed by atoms with Crippen LogP contribution >= 0.6 is 13.5 Å². The Morgan fingerprint density at radius 2 is 1.77 bits per heavy atom. The molecule has 2 fully saturated rings. The molecule has 0 atom stereocenters. The van der Waals surface area contributed by atoms with E-state index in [2.05, 4.69) is 0 Å². The lowest BCUT2D eigenvalue weighted by molar-refractivity contribution is -0.146. The Bertz CT molecular complexity index is 189. The lowest BCUT2D eigenvalue weighted by Gasteiger charge is -2.26. The molecule has 1 spiro atoms. The summed E-state index contributed by atoms with van der Waals surface area (Å²) in [6, 6.07) is 0. The van der Waals surface area contributed by atoms with Gasteiger partial charge in [-0.1, -0.05) is 0 Å². The summed E-state index contributed by atoms with van der Waals surface area (Å²) in [6.07, 6.45) is 7.45. The van der Waals surface area contributed by atoms with E-state index in [0.717, 1.165) is 12.8 Å². The van der Waals surface area contributed by atoms with Crippen molar-refractivity contribution in [2.75, 3.05) is 7.11 Å². The molecule has 0 aliphatic heterocycles. The molecular weight excluding hydrogens is 184 g/mol. The summed E-state index contributed by atoms with van der Waals surface area (Å²) < 4.78 is 4.74. The molecule has 2 rings (SSSR count). The Morgan fingerprint density at radius 3 is 2.15 bits per heavy atom. The zero-order valence-electron chi connectivity index (χ0n) is 8.14. The van der Waals surface area contributed by atoms with Crippen molar-refractivity contribution in [1.29, 1.82) is 0 Å². The molecule has 0 unspecified atom stereocenters. The normalized spacial score (nSPS) is 25.0. The van der Waals surface area contributed by atoms with Gasteiger partial charge in [0.05, 0.1) is 13.0 Å². The molecule has 3 heteroatoms. The average Bonchev–Trinajstić information content (AvgIpc) is 2.85. The molecule has 0 heterocycles. The first-order valence-corrected chi connectivity index (χ1v) is 4.84. The average molecular weight is 202 g/mol. The lowest BCUT2D eigenvalue weighted by atomic mass is 9.80. The monoisotopic (exact) mass is 202 g/mol. The van der Waals surface area contributed by atoms with Crippen molar-refractivity contribution in [3.05, 3.63) is 0 Å². The van der Waals surface area contributed by atoms with E-state index in [1.54, 1.807) is 0 Å². The third-order valence-corrected chi connectivity index (χ3v) is 3.54. The first-order valence-electron chi connectivity index (χ1n) is 4.84. The Kier molecular flexibility index (Phi) is 3.28. The minimum absolute atomic E-state index is 0.